The Morgan fingerprint density at radius 3 is 2.73 bits per heavy atom. The van der Waals surface area contributed by atoms with Crippen LogP contribution in [-0.2, 0) is 11.2 Å². The van der Waals surface area contributed by atoms with E-state index in [1.54, 1.807) is 12.1 Å². The van der Waals surface area contributed by atoms with E-state index in [1.165, 1.54) is 6.07 Å². The number of aryl methyl sites for hydroxylation is 1. The minimum Gasteiger partial charge on any atom is -0.506 e. The van der Waals surface area contributed by atoms with Crippen LogP contribution in [0.15, 0.2) is 18.2 Å². The molecule has 0 spiro atoms. The molecule has 2 N–H and O–H groups in total. The molecule has 0 unspecified atom stereocenters. The molecule has 1 aromatic rings. The quantitative estimate of drug-likeness (QED) is 0.473. The highest BCUT2D eigenvalue weighted by molar-refractivity contribution is 6.29. The number of hydrogen-bond donors (Lipinski definition) is 2. The summed E-state index contributed by atoms with van der Waals surface area (Å²) in [5.74, 6) is -1.16. The lowest BCUT2D eigenvalue weighted by atomic mass is 10.1. The normalized spacial score (nSPS) is 10.1. The van der Waals surface area contributed by atoms with E-state index in [1.807, 2.05) is 6.92 Å². The Balaban J connectivity index is 3.16. The highest BCUT2D eigenvalue weighted by Gasteiger charge is 2.18. The maximum absolute atomic E-state index is 11.2. The van der Waals surface area contributed by atoms with Crippen molar-refractivity contribution in [1.82, 2.24) is 0 Å². The van der Waals surface area contributed by atoms with E-state index in [4.69, 9.17) is 11.6 Å². The summed E-state index contributed by atoms with van der Waals surface area (Å²) in [6, 6.07) is 4.77. The fourth-order valence-electron chi connectivity index (χ4n) is 1.29. The fraction of sp³-hybridized carbons (Fsp3) is 0.300. The molecule has 4 nitrogen and oxygen atoms in total. The summed E-state index contributed by atoms with van der Waals surface area (Å²) in [6.45, 7) is 1.86. The van der Waals surface area contributed by atoms with Gasteiger partial charge in [-0.25, -0.2) is 0 Å². The van der Waals surface area contributed by atoms with E-state index in [0.717, 1.165) is 0 Å². The lowest BCUT2D eigenvalue weighted by Crippen LogP contribution is -2.28. The summed E-state index contributed by atoms with van der Waals surface area (Å²) < 4.78 is 0. The number of halogens is 1. The average Bonchev–Trinajstić information content (AvgIpc) is 2.26. The van der Waals surface area contributed by atoms with Crippen LogP contribution in [0.5, 0.6) is 5.75 Å². The van der Waals surface area contributed by atoms with Crippen molar-refractivity contribution in [2.24, 2.45) is 0 Å². The molecule has 1 aromatic carbocycles. The van der Waals surface area contributed by atoms with Crippen LogP contribution < -0.4 is 5.06 Å². The minimum absolute atomic E-state index is 0.102. The molecule has 0 aliphatic rings. The van der Waals surface area contributed by atoms with Crippen LogP contribution in [0.3, 0.4) is 0 Å². The van der Waals surface area contributed by atoms with Gasteiger partial charge in [0.25, 0.3) is 5.91 Å². The van der Waals surface area contributed by atoms with E-state index >= 15 is 0 Å². The number of hydroxylamine groups is 1. The highest BCUT2D eigenvalue weighted by atomic mass is 35.5. The number of rotatable bonds is 3. The molecule has 0 atom stereocenters. The summed E-state index contributed by atoms with van der Waals surface area (Å²) in [5, 5.41) is 19.5. The second-order valence-corrected chi connectivity index (χ2v) is 3.24. The molecule has 0 aliphatic carbocycles. The van der Waals surface area contributed by atoms with Gasteiger partial charge >= 0.3 is 0 Å². The van der Waals surface area contributed by atoms with Crippen molar-refractivity contribution in [3.8, 4) is 5.75 Å². The predicted octanol–water partition coefficient (Wildman–Crippen LogP) is 1.92. The molecule has 0 saturated heterocycles. The van der Waals surface area contributed by atoms with Crippen LogP contribution >= 0.6 is 11.6 Å². The van der Waals surface area contributed by atoms with Crippen molar-refractivity contribution in [2.45, 2.75) is 13.3 Å². The molecule has 0 radical (unpaired) electrons. The van der Waals surface area contributed by atoms with E-state index < -0.39 is 5.91 Å². The van der Waals surface area contributed by atoms with E-state index in [9.17, 15) is 15.1 Å². The first-order chi connectivity index (χ1) is 7.11. The van der Waals surface area contributed by atoms with Gasteiger partial charge in [0, 0.05) is 0 Å². The van der Waals surface area contributed by atoms with Crippen molar-refractivity contribution >= 4 is 23.2 Å². The third-order valence-corrected chi connectivity index (χ3v) is 2.27. The van der Waals surface area contributed by atoms with Crippen LogP contribution in [0.4, 0.5) is 5.69 Å². The van der Waals surface area contributed by atoms with Gasteiger partial charge < -0.3 is 5.11 Å². The number of benzene rings is 1. The summed E-state index contributed by atoms with van der Waals surface area (Å²) >= 11 is 5.31. The van der Waals surface area contributed by atoms with Gasteiger partial charge in [0.2, 0.25) is 0 Å². The molecule has 0 saturated carbocycles. The largest absolute Gasteiger partial charge is 0.506 e. The predicted molar refractivity (Wildman–Crippen MR) is 57.5 cm³/mol. The molecular weight excluding hydrogens is 218 g/mol. The van der Waals surface area contributed by atoms with Gasteiger partial charge in [0.05, 0.1) is 0 Å². The average molecular weight is 230 g/mol. The zero-order chi connectivity index (χ0) is 11.4. The minimum atomic E-state index is -0.673. The number of anilines is 1. The van der Waals surface area contributed by atoms with Crippen molar-refractivity contribution in [1.29, 1.82) is 0 Å². The van der Waals surface area contributed by atoms with Crippen LogP contribution in [0.25, 0.3) is 0 Å². The number of alkyl halides is 1. The van der Waals surface area contributed by atoms with Crippen LogP contribution in [-0.4, -0.2) is 22.1 Å². The first-order valence-corrected chi connectivity index (χ1v) is 5.03. The van der Waals surface area contributed by atoms with Gasteiger partial charge in [-0.2, -0.15) is 5.06 Å². The van der Waals surface area contributed by atoms with E-state index in [0.29, 0.717) is 17.0 Å². The number of para-hydroxylation sites is 1. The monoisotopic (exact) mass is 229 g/mol. The second-order valence-electron chi connectivity index (χ2n) is 2.98. The van der Waals surface area contributed by atoms with Gasteiger partial charge in [0.15, 0.2) is 0 Å². The summed E-state index contributed by atoms with van der Waals surface area (Å²) in [4.78, 5) is 11.2. The van der Waals surface area contributed by atoms with Crippen LogP contribution in [0.2, 0.25) is 0 Å². The number of nitrogens with zero attached hydrogens (tertiary/aromatic N) is 1. The van der Waals surface area contributed by atoms with Crippen molar-refractivity contribution in [3.63, 3.8) is 0 Å². The molecule has 0 fully saturated rings. The zero-order valence-corrected chi connectivity index (χ0v) is 9.03. The summed E-state index contributed by atoms with van der Waals surface area (Å²) in [6.07, 6.45) is 0.594. The third kappa shape index (κ3) is 2.40. The summed E-state index contributed by atoms with van der Waals surface area (Å²) in [7, 11) is 0. The zero-order valence-electron chi connectivity index (χ0n) is 8.27. The Morgan fingerprint density at radius 2 is 2.20 bits per heavy atom. The molecule has 1 rings (SSSR count). The van der Waals surface area contributed by atoms with Crippen LogP contribution in [0, 0.1) is 0 Å². The molecule has 15 heavy (non-hydrogen) atoms. The highest BCUT2D eigenvalue weighted by Crippen LogP contribution is 2.30. The number of phenols is 1. The molecular formula is C10H12ClNO3. The number of phenolic OH excluding ortho intramolecular Hbond substituents is 1. The Labute approximate surface area is 92.7 Å². The topological polar surface area (TPSA) is 60.8 Å². The number of amides is 1. The van der Waals surface area contributed by atoms with Gasteiger partial charge in [-0.05, 0) is 18.1 Å². The number of carbonyl (C=O) groups excluding carboxylic acids is 1. The maximum Gasteiger partial charge on any atom is 0.265 e. The molecule has 82 valence electrons. The van der Waals surface area contributed by atoms with E-state index in [-0.39, 0.29) is 17.3 Å². The first-order valence-electron chi connectivity index (χ1n) is 4.50. The van der Waals surface area contributed by atoms with Crippen molar-refractivity contribution in [2.75, 3.05) is 10.9 Å². The number of carbonyl (C=O) groups is 1. The van der Waals surface area contributed by atoms with Gasteiger partial charge in [-0.1, -0.05) is 19.1 Å². The maximum atomic E-state index is 11.2. The molecule has 1 amide bonds. The molecule has 5 heteroatoms. The van der Waals surface area contributed by atoms with Crippen LogP contribution in [0.1, 0.15) is 12.5 Å². The fourth-order valence-corrected chi connectivity index (χ4v) is 1.40. The smallest absolute Gasteiger partial charge is 0.265 e. The number of hydrogen-bond acceptors (Lipinski definition) is 3. The van der Waals surface area contributed by atoms with Crippen molar-refractivity contribution in [3.05, 3.63) is 23.8 Å². The Morgan fingerprint density at radius 1 is 1.53 bits per heavy atom. The Kier molecular flexibility index (Phi) is 3.94. The Hall–Kier alpha value is -1.26. The lowest BCUT2D eigenvalue weighted by molar-refractivity contribution is -0.121. The molecule has 0 heterocycles. The third-order valence-electron chi connectivity index (χ3n) is 2.04. The lowest BCUT2D eigenvalue weighted by Gasteiger charge is -2.18. The standard InChI is InChI=1S/C10H12ClNO3/c1-2-7-4-3-5-8(13)10(7)12(15)9(14)6-11/h3-5,13,15H,2,6H2,1H3. The number of aromatic hydroxyl groups is 1. The first kappa shape index (κ1) is 11.8. The van der Waals surface area contributed by atoms with Gasteiger partial charge in [-0.3, -0.25) is 10.0 Å². The molecule has 0 aliphatic heterocycles. The van der Waals surface area contributed by atoms with Crippen molar-refractivity contribution < 1.29 is 15.1 Å². The van der Waals surface area contributed by atoms with Gasteiger partial charge in [0.1, 0.15) is 17.3 Å². The summed E-state index contributed by atoms with van der Waals surface area (Å²) in [5.41, 5.74) is 0.779. The van der Waals surface area contributed by atoms with E-state index in [2.05, 4.69) is 0 Å². The second kappa shape index (κ2) is 5.00. The molecule has 0 bridgehead atoms. The Bertz CT molecular complexity index is 368. The SMILES string of the molecule is CCc1cccc(O)c1N(O)C(=O)CCl. The van der Waals surface area contributed by atoms with Gasteiger partial charge in [-0.15, -0.1) is 11.6 Å². The molecule has 0 aromatic heterocycles.